The molecule has 3 amide bonds. The minimum Gasteiger partial charge on any atom is -0.384 e. The third-order valence-electron chi connectivity index (χ3n) is 4.21. The van der Waals surface area contributed by atoms with Crippen molar-refractivity contribution in [2.24, 2.45) is 5.92 Å². The van der Waals surface area contributed by atoms with Crippen molar-refractivity contribution >= 4 is 11.9 Å². The Morgan fingerprint density at radius 1 is 1.35 bits per heavy atom. The lowest BCUT2D eigenvalue weighted by atomic mass is 9.73. The second-order valence-electron chi connectivity index (χ2n) is 5.35. The van der Waals surface area contributed by atoms with Gasteiger partial charge in [-0.2, -0.15) is 0 Å². The van der Waals surface area contributed by atoms with Crippen LogP contribution < -0.4 is 16.0 Å². The van der Waals surface area contributed by atoms with Crippen LogP contribution in [0.4, 0.5) is 9.18 Å². The zero-order chi connectivity index (χ0) is 13.9. The number of allylic oxidation sites excluding steroid dienone is 4. The molecule has 0 radical (unpaired) electrons. The average molecular weight is 273 g/mol. The van der Waals surface area contributed by atoms with Crippen LogP contribution in [0.25, 0.3) is 0 Å². The molecule has 3 N–H and O–H groups in total. The Morgan fingerprint density at radius 3 is 2.95 bits per heavy atom. The maximum Gasteiger partial charge on any atom is 0.322 e. The van der Waals surface area contributed by atoms with E-state index >= 15 is 0 Å². The number of amides is 3. The zero-order valence-electron chi connectivity index (χ0n) is 10.5. The van der Waals surface area contributed by atoms with Crippen LogP contribution in [0.1, 0.15) is 6.42 Å². The van der Waals surface area contributed by atoms with Gasteiger partial charge in [0.15, 0.2) is 5.54 Å². The van der Waals surface area contributed by atoms with Crippen molar-refractivity contribution in [2.45, 2.75) is 12.0 Å². The largest absolute Gasteiger partial charge is 0.384 e. The van der Waals surface area contributed by atoms with Crippen LogP contribution in [-0.4, -0.2) is 24.0 Å². The Hall–Kier alpha value is -2.37. The van der Waals surface area contributed by atoms with Crippen molar-refractivity contribution in [1.29, 1.82) is 0 Å². The zero-order valence-corrected chi connectivity index (χ0v) is 10.5. The number of nitrogens with one attached hydrogen (secondary N) is 3. The standard InChI is InChI=1S/C14H12FN3O2/c15-8-4-7-5-10-9(2-1-3-16-10)11(7)14(6-8)12(19)17-13(20)18-14/h1-2,4,6,11,16H,3,5H2,(H2,17,18,19,20). The minimum absolute atomic E-state index is 0.340. The van der Waals surface area contributed by atoms with Gasteiger partial charge in [0.1, 0.15) is 5.83 Å². The van der Waals surface area contributed by atoms with Gasteiger partial charge in [-0.25, -0.2) is 9.18 Å². The van der Waals surface area contributed by atoms with Gasteiger partial charge in [-0.05, 0) is 17.7 Å². The van der Waals surface area contributed by atoms with E-state index in [1.807, 2.05) is 12.2 Å². The fourth-order valence-corrected chi connectivity index (χ4v) is 3.49. The van der Waals surface area contributed by atoms with Gasteiger partial charge in [0.05, 0.1) is 0 Å². The summed E-state index contributed by atoms with van der Waals surface area (Å²) in [4.78, 5) is 23.7. The van der Waals surface area contributed by atoms with E-state index in [2.05, 4.69) is 16.0 Å². The summed E-state index contributed by atoms with van der Waals surface area (Å²) in [6.45, 7) is 0.723. The van der Waals surface area contributed by atoms with Crippen LogP contribution in [0, 0.1) is 5.92 Å². The van der Waals surface area contributed by atoms with E-state index in [-0.39, 0.29) is 5.92 Å². The van der Waals surface area contributed by atoms with E-state index in [0.29, 0.717) is 6.42 Å². The molecular weight excluding hydrogens is 261 g/mol. The van der Waals surface area contributed by atoms with E-state index in [1.165, 1.54) is 12.2 Å². The number of hydrogen-bond acceptors (Lipinski definition) is 3. The van der Waals surface area contributed by atoms with Gasteiger partial charge >= 0.3 is 6.03 Å². The summed E-state index contributed by atoms with van der Waals surface area (Å²) in [5, 5.41) is 8.06. The summed E-state index contributed by atoms with van der Waals surface area (Å²) in [6, 6.07) is -0.581. The Labute approximate surface area is 114 Å². The summed E-state index contributed by atoms with van der Waals surface area (Å²) in [5.74, 6) is -1.33. The number of carbonyl (C=O) groups is 2. The van der Waals surface area contributed by atoms with Crippen molar-refractivity contribution in [3.63, 3.8) is 0 Å². The third-order valence-corrected chi connectivity index (χ3v) is 4.21. The molecule has 0 aromatic heterocycles. The lowest BCUT2D eigenvalue weighted by molar-refractivity contribution is -0.123. The molecule has 2 aliphatic heterocycles. The normalized spacial score (nSPS) is 34.1. The van der Waals surface area contributed by atoms with E-state index in [0.717, 1.165) is 23.4 Å². The van der Waals surface area contributed by atoms with Gasteiger partial charge in [-0.15, -0.1) is 0 Å². The average Bonchev–Trinajstić information content (AvgIpc) is 2.87. The predicted octanol–water partition coefficient (Wildman–Crippen LogP) is 0.791. The minimum atomic E-state index is -1.34. The predicted molar refractivity (Wildman–Crippen MR) is 69.0 cm³/mol. The Morgan fingerprint density at radius 2 is 2.20 bits per heavy atom. The number of carbonyl (C=O) groups excluding carboxylic acids is 2. The van der Waals surface area contributed by atoms with Gasteiger partial charge < -0.3 is 10.6 Å². The third kappa shape index (κ3) is 1.31. The van der Waals surface area contributed by atoms with Crippen LogP contribution in [0.3, 0.4) is 0 Å². The van der Waals surface area contributed by atoms with Gasteiger partial charge in [0.25, 0.3) is 5.91 Å². The first-order valence-corrected chi connectivity index (χ1v) is 6.46. The summed E-state index contributed by atoms with van der Waals surface area (Å²) in [5.41, 5.74) is 1.42. The number of halogens is 1. The van der Waals surface area contributed by atoms with E-state index in [9.17, 15) is 14.0 Å². The molecule has 2 aliphatic carbocycles. The second kappa shape index (κ2) is 3.59. The van der Waals surface area contributed by atoms with Gasteiger partial charge in [-0.3, -0.25) is 10.1 Å². The molecule has 4 rings (SSSR count). The first-order valence-electron chi connectivity index (χ1n) is 6.46. The van der Waals surface area contributed by atoms with Crippen LogP contribution in [0.2, 0.25) is 0 Å². The molecule has 2 heterocycles. The van der Waals surface area contributed by atoms with Crippen molar-refractivity contribution in [3.8, 4) is 0 Å². The molecule has 1 saturated heterocycles. The fraction of sp³-hybridized carbons (Fsp3) is 0.286. The number of urea groups is 1. The van der Waals surface area contributed by atoms with E-state index < -0.39 is 23.3 Å². The number of dihydropyridines is 1. The molecule has 5 nitrogen and oxygen atoms in total. The lowest BCUT2D eigenvalue weighted by Crippen LogP contribution is -2.53. The highest BCUT2D eigenvalue weighted by molar-refractivity contribution is 6.09. The maximum absolute atomic E-state index is 13.9. The number of fused-ring (bicyclic) bond motifs is 3. The van der Waals surface area contributed by atoms with Gasteiger partial charge in [0, 0.05) is 24.6 Å². The fourth-order valence-electron chi connectivity index (χ4n) is 3.49. The molecule has 0 aromatic carbocycles. The summed E-state index contributed by atoms with van der Waals surface area (Å²) in [6.07, 6.45) is 7.16. The van der Waals surface area contributed by atoms with Gasteiger partial charge in [-0.1, -0.05) is 17.7 Å². The number of rotatable bonds is 0. The van der Waals surface area contributed by atoms with Crippen molar-refractivity contribution in [1.82, 2.24) is 16.0 Å². The van der Waals surface area contributed by atoms with E-state index in [4.69, 9.17) is 0 Å². The van der Waals surface area contributed by atoms with Crippen LogP contribution in [-0.2, 0) is 4.79 Å². The van der Waals surface area contributed by atoms with Crippen molar-refractivity contribution in [3.05, 3.63) is 47.0 Å². The molecule has 4 aliphatic rings. The molecule has 1 fully saturated rings. The van der Waals surface area contributed by atoms with Crippen LogP contribution in [0.15, 0.2) is 47.0 Å². The second-order valence-corrected chi connectivity index (χ2v) is 5.35. The molecule has 0 aromatic rings. The first-order chi connectivity index (χ1) is 9.60. The Balaban J connectivity index is 1.89. The van der Waals surface area contributed by atoms with Gasteiger partial charge in [0.2, 0.25) is 0 Å². The highest BCUT2D eigenvalue weighted by Crippen LogP contribution is 2.48. The monoisotopic (exact) mass is 273 g/mol. The molecule has 1 spiro atoms. The smallest absolute Gasteiger partial charge is 0.322 e. The Bertz CT molecular complexity index is 674. The lowest BCUT2D eigenvalue weighted by Gasteiger charge is -2.34. The number of hydrogen-bond donors (Lipinski definition) is 3. The topological polar surface area (TPSA) is 70.2 Å². The van der Waals surface area contributed by atoms with Crippen LogP contribution in [0.5, 0.6) is 0 Å². The van der Waals surface area contributed by atoms with Crippen LogP contribution >= 0.6 is 0 Å². The highest BCUT2D eigenvalue weighted by atomic mass is 19.1. The molecule has 102 valence electrons. The van der Waals surface area contributed by atoms with Crippen molar-refractivity contribution in [2.75, 3.05) is 6.54 Å². The summed E-state index contributed by atoms with van der Waals surface area (Å²) < 4.78 is 13.9. The quantitative estimate of drug-likeness (QED) is 0.572. The Kier molecular flexibility index (Phi) is 2.06. The molecular formula is C14H12FN3O2. The summed E-state index contributed by atoms with van der Waals surface area (Å²) >= 11 is 0. The molecule has 0 saturated carbocycles. The van der Waals surface area contributed by atoms with Crippen molar-refractivity contribution < 1.29 is 14.0 Å². The molecule has 2 atom stereocenters. The molecule has 6 heteroatoms. The SMILES string of the molecule is O=C1NC(=O)C2(C=C(F)C=C3CC4=C(C=CCN4)C32)N1. The molecule has 20 heavy (non-hydrogen) atoms. The summed E-state index contributed by atoms with van der Waals surface area (Å²) in [7, 11) is 0. The molecule has 0 bridgehead atoms. The maximum atomic E-state index is 13.9. The number of imide groups is 1. The first kappa shape index (κ1) is 11.5. The van der Waals surface area contributed by atoms with E-state index in [1.54, 1.807) is 0 Å². The molecule has 2 unspecified atom stereocenters. The highest BCUT2D eigenvalue weighted by Gasteiger charge is 2.56.